The highest BCUT2D eigenvalue weighted by Gasteiger charge is 2.21. The van der Waals surface area contributed by atoms with Gasteiger partial charge in [0.1, 0.15) is 11.5 Å². The first kappa shape index (κ1) is 21.8. The molecule has 5 rings (SSSR count). The number of aromatic nitrogens is 3. The van der Waals surface area contributed by atoms with Crippen LogP contribution in [0.4, 0.5) is 17.8 Å². The molecule has 0 amide bonds. The molecule has 3 aromatic rings. The van der Waals surface area contributed by atoms with E-state index in [-0.39, 0.29) is 5.56 Å². The van der Waals surface area contributed by atoms with Crippen LogP contribution < -0.4 is 15.2 Å². The summed E-state index contributed by atoms with van der Waals surface area (Å²) in [6, 6.07) is 10.1. The zero-order valence-corrected chi connectivity index (χ0v) is 18.6. The van der Waals surface area contributed by atoms with Crippen molar-refractivity contribution < 1.29 is 19.1 Å². The van der Waals surface area contributed by atoms with E-state index < -0.39 is 5.97 Å². The van der Waals surface area contributed by atoms with E-state index in [1.165, 1.54) is 12.3 Å². The SMILES string of the molecule is O=C(O)c1cccc(-c2ccc(C=NNc3nc(N4CCCC4)nc(N4CCOCC4)n3)o2)c1. The van der Waals surface area contributed by atoms with Crippen LogP contribution in [-0.4, -0.2) is 71.6 Å². The number of carboxylic acids is 1. The second-order valence-corrected chi connectivity index (χ2v) is 8.01. The minimum absolute atomic E-state index is 0.200. The van der Waals surface area contributed by atoms with Crippen LogP contribution in [-0.2, 0) is 4.74 Å². The van der Waals surface area contributed by atoms with Gasteiger partial charge in [0.25, 0.3) is 0 Å². The first-order chi connectivity index (χ1) is 16.7. The maximum absolute atomic E-state index is 11.2. The molecule has 2 aliphatic heterocycles. The molecule has 4 heterocycles. The summed E-state index contributed by atoms with van der Waals surface area (Å²) in [5, 5.41) is 13.4. The standard InChI is InChI=1S/C23H25N7O4/c31-20(32)17-5-3-4-16(14-17)19-7-6-18(34-19)15-24-28-21-25-22(29-8-1-2-9-29)27-23(26-21)30-10-12-33-13-11-30/h3-7,14-15H,1-2,8-13H2,(H,31,32)(H,25,26,27,28). The van der Waals surface area contributed by atoms with Gasteiger partial charge in [-0.3, -0.25) is 0 Å². The normalized spacial score (nSPS) is 16.4. The summed E-state index contributed by atoms with van der Waals surface area (Å²) < 4.78 is 11.2. The number of furan rings is 1. The van der Waals surface area contributed by atoms with Crippen LogP contribution in [0.25, 0.3) is 11.3 Å². The minimum atomic E-state index is -0.985. The first-order valence-corrected chi connectivity index (χ1v) is 11.2. The number of nitrogens with zero attached hydrogens (tertiary/aromatic N) is 6. The Kier molecular flexibility index (Phi) is 6.34. The van der Waals surface area contributed by atoms with E-state index in [0.717, 1.165) is 39.0 Å². The number of morpholine rings is 1. The fourth-order valence-electron chi connectivity index (χ4n) is 3.90. The average molecular weight is 463 g/mol. The van der Waals surface area contributed by atoms with Crippen LogP contribution in [0.2, 0.25) is 0 Å². The predicted molar refractivity (Wildman–Crippen MR) is 127 cm³/mol. The summed E-state index contributed by atoms with van der Waals surface area (Å²) in [4.78, 5) is 29.2. The van der Waals surface area contributed by atoms with E-state index in [0.29, 0.717) is 48.1 Å². The Hall–Kier alpha value is -3.99. The van der Waals surface area contributed by atoms with Gasteiger partial charge in [-0.25, -0.2) is 10.2 Å². The Labute approximate surface area is 196 Å². The molecule has 11 nitrogen and oxygen atoms in total. The zero-order chi connectivity index (χ0) is 23.3. The van der Waals surface area contributed by atoms with Gasteiger partial charge in [-0.15, -0.1) is 0 Å². The Morgan fingerprint density at radius 1 is 1.00 bits per heavy atom. The van der Waals surface area contributed by atoms with Crippen LogP contribution in [0.5, 0.6) is 0 Å². The maximum Gasteiger partial charge on any atom is 0.335 e. The van der Waals surface area contributed by atoms with E-state index in [2.05, 4.69) is 35.3 Å². The third-order valence-electron chi connectivity index (χ3n) is 5.67. The van der Waals surface area contributed by atoms with Gasteiger partial charge in [0, 0.05) is 31.7 Å². The Bertz CT molecular complexity index is 1180. The van der Waals surface area contributed by atoms with Crippen molar-refractivity contribution in [2.75, 3.05) is 54.6 Å². The number of ether oxygens (including phenoxy) is 1. The van der Waals surface area contributed by atoms with Gasteiger partial charge in [0.2, 0.25) is 17.8 Å². The Balaban J connectivity index is 1.32. The molecule has 2 aliphatic rings. The van der Waals surface area contributed by atoms with Crippen molar-refractivity contribution in [2.24, 2.45) is 5.10 Å². The van der Waals surface area contributed by atoms with E-state index in [1.807, 2.05) is 0 Å². The number of rotatable bonds is 7. The Morgan fingerprint density at radius 3 is 2.47 bits per heavy atom. The predicted octanol–water partition coefficient (Wildman–Crippen LogP) is 2.71. The van der Waals surface area contributed by atoms with E-state index in [1.54, 1.807) is 30.3 Å². The lowest BCUT2D eigenvalue weighted by atomic mass is 10.1. The van der Waals surface area contributed by atoms with Gasteiger partial charge in [0.05, 0.1) is 25.0 Å². The molecule has 11 heteroatoms. The molecule has 2 fully saturated rings. The van der Waals surface area contributed by atoms with Gasteiger partial charge < -0.3 is 24.1 Å². The van der Waals surface area contributed by atoms with Gasteiger partial charge >= 0.3 is 5.97 Å². The second-order valence-electron chi connectivity index (χ2n) is 8.01. The average Bonchev–Trinajstić information content (AvgIpc) is 3.57. The number of hydrogen-bond acceptors (Lipinski definition) is 10. The summed E-state index contributed by atoms with van der Waals surface area (Å²) in [5.41, 5.74) is 3.77. The molecule has 0 aliphatic carbocycles. The molecular formula is C23H25N7O4. The number of hydrogen-bond donors (Lipinski definition) is 2. The minimum Gasteiger partial charge on any atom is -0.478 e. The van der Waals surface area contributed by atoms with Crippen LogP contribution >= 0.6 is 0 Å². The molecule has 2 aromatic heterocycles. The molecule has 0 atom stereocenters. The fraction of sp³-hybridized carbons (Fsp3) is 0.348. The third-order valence-corrected chi connectivity index (χ3v) is 5.67. The lowest BCUT2D eigenvalue weighted by Gasteiger charge is -2.27. The molecule has 0 spiro atoms. The fourth-order valence-corrected chi connectivity index (χ4v) is 3.90. The molecule has 0 saturated carbocycles. The quantitative estimate of drug-likeness (QED) is 0.398. The van der Waals surface area contributed by atoms with Crippen molar-refractivity contribution in [3.05, 3.63) is 47.7 Å². The van der Waals surface area contributed by atoms with Gasteiger partial charge in [0.15, 0.2) is 0 Å². The molecule has 2 N–H and O–H groups in total. The summed E-state index contributed by atoms with van der Waals surface area (Å²) in [7, 11) is 0. The van der Waals surface area contributed by atoms with E-state index in [4.69, 9.17) is 9.15 Å². The van der Waals surface area contributed by atoms with Gasteiger partial charge in [-0.2, -0.15) is 20.1 Å². The highest BCUT2D eigenvalue weighted by molar-refractivity contribution is 5.89. The monoisotopic (exact) mass is 463 g/mol. The number of nitrogens with one attached hydrogen (secondary N) is 1. The van der Waals surface area contributed by atoms with Crippen molar-refractivity contribution in [2.45, 2.75) is 12.8 Å². The Morgan fingerprint density at radius 2 is 1.74 bits per heavy atom. The van der Waals surface area contributed by atoms with Crippen LogP contribution in [0.1, 0.15) is 29.0 Å². The lowest BCUT2D eigenvalue weighted by Crippen LogP contribution is -2.38. The van der Waals surface area contributed by atoms with Crippen LogP contribution in [0.3, 0.4) is 0 Å². The first-order valence-electron chi connectivity index (χ1n) is 11.2. The van der Waals surface area contributed by atoms with Crippen molar-refractivity contribution in [1.82, 2.24) is 15.0 Å². The molecule has 34 heavy (non-hydrogen) atoms. The molecule has 1 aromatic carbocycles. The maximum atomic E-state index is 11.2. The molecule has 2 saturated heterocycles. The van der Waals surface area contributed by atoms with Gasteiger partial charge in [-0.1, -0.05) is 12.1 Å². The number of carbonyl (C=O) groups is 1. The van der Waals surface area contributed by atoms with E-state index in [9.17, 15) is 9.90 Å². The molecule has 0 bridgehead atoms. The molecular weight excluding hydrogens is 438 g/mol. The summed E-state index contributed by atoms with van der Waals surface area (Å²) in [6.07, 6.45) is 3.77. The summed E-state index contributed by atoms with van der Waals surface area (Å²) in [6.45, 7) is 4.58. The van der Waals surface area contributed by atoms with Crippen LogP contribution in [0, 0.1) is 0 Å². The van der Waals surface area contributed by atoms with Crippen molar-refractivity contribution in [3.8, 4) is 11.3 Å². The third kappa shape index (κ3) is 4.99. The second kappa shape index (κ2) is 9.87. The molecule has 176 valence electrons. The highest BCUT2D eigenvalue weighted by Crippen LogP contribution is 2.23. The summed E-state index contributed by atoms with van der Waals surface area (Å²) >= 11 is 0. The number of carboxylic acid groups (broad SMARTS) is 1. The lowest BCUT2D eigenvalue weighted by molar-refractivity contribution is 0.0697. The summed E-state index contributed by atoms with van der Waals surface area (Å²) in [5.74, 6) is 1.68. The number of aromatic carboxylic acids is 1. The van der Waals surface area contributed by atoms with Gasteiger partial charge in [-0.05, 0) is 37.1 Å². The highest BCUT2D eigenvalue weighted by atomic mass is 16.5. The van der Waals surface area contributed by atoms with Crippen molar-refractivity contribution >= 4 is 30.0 Å². The van der Waals surface area contributed by atoms with Crippen molar-refractivity contribution in [1.29, 1.82) is 0 Å². The molecule has 0 unspecified atom stereocenters. The van der Waals surface area contributed by atoms with Crippen molar-refractivity contribution in [3.63, 3.8) is 0 Å². The zero-order valence-electron chi connectivity index (χ0n) is 18.6. The largest absolute Gasteiger partial charge is 0.478 e. The van der Waals surface area contributed by atoms with E-state index >= 15 is 0 Å². The molecule has 0 radical (unpaired) electrons. The topological polar surface area (TPSA) is 129 Å². The number of anilines is 3. The van der Waals surface area contributed by atoms with Crippen LogP contribution in [0.15, 0.2) is 45.9 Å². The smallest absolute Gasteiger partial charge is 0.335 e. The number of hydrazone groups is 1. The number of benzene rings is 1.